The van der Waals surface area contributed by atoms with Crippen molar-refractivity contribution in [3.05, 3.63) is 59.2 Å². The molecular weight excluding hydrogens is 363 g/mol. The van der Waals surface area contributed by atoms with Gasteiger partial charge in [0.1, 0.15) is 0 Å². The van der Waals surface area contributed by atoms with Crippen molar-refractivity contribution >= 4 is 24.8 Å². The zero-order valence-corrected chi connectivity index (χ0v) is 17.2. The highest BCUT2D eigenvalue weighted by atomic mass is 35.5. The second-order valence-electron chi connectivity index (χ2n) is 7.38. The lowest BCUT2D eigenvalue weighted by Crippen LogP contribution is -2.28. The second kappa shape index (κ2) is 9.75. The molecule has 4 rings (SSSR count). The Hall–Kier alpha value is -1.06. The third-order valence-corrected chi connectivity index (χ3v) is 5.76. The van der Waals surface area contributed by atoms with Gasteiger partial charge in [-0.15, -0.1) is 24.8 Å². The monoisotopic (exact) mass is 392 g/mol. The van der Waals surface area contributed by atoms with E-state index >= 15 is 0 Å². The Labute approximate surface area is 170 Å². The van der Waals surface area contributed by atoms with Crippen LogP contribution in [0.4, 0.5) is 0 Å². The highest BCUT2D eigenvalue weighted by molar-refractivity contribution is 5.85. The number of halogens is 2. The molecule has 0 aromatic heterocycles. The van der Waals surface area contributed by atoms with Crippen LogP contribution in [-0.2, 0) is 19.4 Å². The zero-order chi connectivity index (χ0) is 16.4. The smallest absolute Gasteiger partial charge is 0.0208 e. The van der Waals surface area contributed by atoms with Gasteiger partial charge in [0.2, 0.25) is 0 Å². The lowest BCUT2D eigenvalue weighted by atomic mass is 9.95. The molecule has 0 aliphatic carbocycles. The Kier molecular flexibility index (Phi) is 7.97. The number of benzene rings is 2. The SMILES string of the molecule is CC1CCCN1CCc1ccc(-c2ccc3c(c2)CNCC3)cc1.Cl.Cl. The molecule has 0 saturated carbocycles. The Morgan fingerprint density at radius 3 is 2.50 bits per heavy atom. The summed E-state index contributed by atoms with van der Waals surface area (Å²) >= 11 is 0. The molecule has 1 saturated heterocycles. The van der Waals surface area contributed by atoms with Gasteiger partial charge in [-0.1, -0.05) is 36.4 Å². The highest BCUT2D eigenvalue weighted by Gasteiger charge is 2.19. The average molecular weight is 393 g/mol. The molecule has 2 aliphatic heterocycles. The largest absolute Gasteiger partial charge is 0.312 e. The molecule has 2 aliphatic rings. The van der Waals surface area contributed by atoms with Crippen molar-refractivity contribution in [2.45, 2.75) is 45.2 Å². The first-order valence-corrected chi connectivity index (χ1v) is 9.45. The average Bonchev–Trinajstić information content (AvgIpc) is 3.05. The van der Waals surface area contributed by atoms with E-state index in [0.29, 0.717) is 0 Å². The van der Waals surface area contributed by atoms with Crippen LogP contribution in [0.1, 0.15) is 36.5 Å². The van der Waals surface area contributed by atoms with Crippen LogP contribution in [0.5, 0.6) is 0 Å². The normalized spacial score (nSPS) is 19.3. The second-order valence-corrected chi connectivity index (χ2v) is 7.38. The minimum atomic E-state index is 0. The predicted molar refractivity (Wildman–Crippen MR) is 116 cm³/mol. The summed E-state index contributed by atoms with van der Waals surface area (Å²) in [6, 6.07) is 16.9. The molecule has 0 bridgehead atoms. The molecule has 4 heteroatoms. The molecule has 0 spiro atoms. The highest BCUT2D eigenvalue weighted by Crippen LogP contribution is 2.25. The van der Waals surface area contributed by atoms with E-state index < -0.39 is 0 Å². The van der Waals surface area contributed by atoms with E-state index in [0.717, 1.165) is 25.6 Å². The lowest BCUT2D eigenvalue weighted by Gasteiger charge is -2.20. The fourth-order valence-electron chi connectivity index (χ4n) is 4.12. The van der Waals surface area contributed by atoms with Crippen LogP contribution in [0, 0.1) is 0 Å². The van der Waals surface area contributed by atoms with Crippen molar-refractivity contribution in [2.75, 3.05) is 19.6 Å². The van der Waals surface area contributed by atoms with Crippen molar-refractivity contribution in [1.82, 2.24) is 10.2 Å². The molecule has 2 heterocycles. The fraction of sp³-hybridized carbons (Fsp3) is 0.455. The molecule has 0 amide bonds. The van der Waals surface area contributed by atoms with Gasteiger partial charge in [0.05, 0.1) is 0 Å². The summed E-state index contributed by atoms with van der Waals surface area (Å²) in [5.74, 6) is 0. The van der Waals surface area contributed by atoms with Crippen LogP contribution in [0.15, 0.2) is 42.5 Å². The van der Waals surface area contributed by atoms with E-state index in [-0.39, 0.29) is 24.8 Å². The van der Waals surface area contributed by atoms with Crippen LogP contribution in [0.2, 0.25) is 0 Å². The predicted octanol–water partition coefficient (Wildman–Crippen LogP) is 4.87. The first kappa shape index (κ1) is 21.2. The number of rotatable bonds is 4. The van der Waals surface area contributed by atoms with Crippen molar-refractivity contribution in [3.8, 4) is 11.1 Å². The third kappa shape index (κ3) is 4.80. The third-order valence-electron chi connectivity index (χ3n) is 5.76. The molecule has 142 valence electrons. The molecule has 1 fully saturated rings. The van der Waals surface area contributed by atoms with Crippen LogP contribution >= 0.6 is 24.8 Å². The molecule has 2 nitrogen and oxygen atoms in total. The van der Waals surface area contributed by atoms with Crippen LogP contribution in [0.25, 0.3) is 11.1 Å². The van der Waals surface area contributed by atoms with Gasteiger partial charge in [0.15, 0.2) is 0 Å². The minimum Gasteiger partial charge on any atom is -0.312 e. The maximum Gasteiger partial charge on any atom is 0.0208 e. The number of hydrogen-bond donors (Lipinski definition) is 1. The van der Waals surface area contributed by atoms with Crippen molar-refractivity contribution in [1.29, 1.82) is 0 Å². The van der Waals surface area contributed by atoms with E-state index in [2.05, 4.69) is 59.6 Å². The summed E-state index contributed by atoms with van der Waals surface area (Å²) in [5.41, 5.74) is 7.11. The van der Waals surface area contributed by atoms with Gasteiger partial charge >= 0.3 is 0 Å². The molecule has 2 aromatic rings. The molecule has 1 N–H and O–H groups in total. The number of nitrogens with one attached hydrogen (secondary N) is 1. The van der Waals surface area contributed by atoms with Gasteiger partial charge in [0.25, 0.3) is 0 Å². The zero-order valence-electron chi connectivity index (χ0n) is 15.5. The van der Waals surface area contributed by atoms with E-state index in [1.165, 1.54) is 60.2 Å². The van der Waals surface area contributed by atoms with E-state index in [1.54, 1.807) is 0 Å². The molecule has 1 unspecified atom stereocenters. The summed E-state index contributed by atoms with van der Waals surface area (Å²) in [6.07, 6.45) is 5.06. The van der Waals surface area contributed by atoms with Gasteiger partial charge < -0.3 is 10.2 Å². The fourth-order valence-corrected chi connectivity index (χ4v) is 4.12. The lowest BCUT2D eigenvalue weighted by molar-refractivity contribution is 0.272. The number of nitrogens with zero attached hydrogens (tertiary/aromatic N) is 1. The number of hydrogen-bond acceptors (Lipinski definition) is 2. The van der Waals surface area contributed by atoms with Crippen LogP contribution in [0.3, 0.4) is 0 Å². The van der Waals surface area contributed by atoms with Crippen LogP contribution in [-0.4, -0.2) is 30.6 Å². The first-order chi connectivity index (χ1) is 11.8. The maximum absolute atomic E-state index is 3.47. The summed E-state index contributed by atoms with van der Waals surface area (Å²) < 4.78 is 0. The van der Waals surface area contributed by atoms with Gasteiger partial charge in [0, 0.05) is 19.1 Å². The molecule has 1 atom stereocenters. The topological polar surface area (TPSA) is 15.3 Å². The van der Waals surface area contributed by atoms with Crippen LogP contribution < -0.4 is 5.32 Å². The number of likely N-dealkylation sites (tertiary alicyclic amines) is 1. The summed E-state index contributed by atoms with van der Waals surface area (Å²) in [4.78, 5) is 2.63. The van der Waals surface area contributed by atoms with Gasteiger partial charge in [-0.3, -0.25) is 0 Å². The summed E-state index contributed by atoms with van der Waals surface area (Å²) in [5, 5.41) is 3.47. The van der Waals surface area contributed by atoms with Gasteiger partial charge in [-0.25, -0.2) is 0 Å². The summed E-state index contributed by atoms with van der Waals surface area (Å²) in [6.45, 7) is 6.96. The molecule has 2 aromatic carbocycles. The standard InChI is InChI=1S/C22H28N2.2ClH/c1-17-3-2-13-24(17)14-11-18-4-6-19(7-5-18)21-9-8-20-10-12-23-16-22(20)15-21;;/h4-9,15,17,23H,2-3,10-14,16H2,1H3;2*1H. The molecule has 0 radical (unpaired) electrons. The van der Waals surface area contributed by atoms with Crippen molar-refractivity contribution in [2.24, 2.45) is 0 Å². The van der Waals surface area contributed by atoms with Gasteiger partial charge in [-0.2, -0.15) is 0 Å². The quantitative estimate of drug-likeness (QED) is 0.797. The maximum atomic E-state index is 3.47. The Morgan fingerprint density at radius 1 is 1.00 bits per heavy atom. The Bertz CT molecular complexity index is 700. The molecular formula is C22H30Cl2N2. The Balaban J connectivity index is 0.00000121. The van der Waals surface area contributed by atoms with Crippen molar-refractivity contribution < 1.29 is 0 Å². The van der Waals surface area contributed by atoms with Gasteiger partial charge in [-0.05, 0) is 79.6 Å². The van der Waals surface area contributed by atoms with E-state index in [9.17, 15) is 0 Å². The Morgan fingerprint density at radius 2 is 1.77 bits per heavy atom. The summed E-state index contributed by atoms with van der Waals surface area (Å²) in [7, 11) is 0. The first-order valence-electron chi connectivity index (χ1n) is 9.45. The van der Waals surface area contributed by atoms with E-state index in [4.69, 9.17) is 0 Å². The minimum absolute atomic E-state index is 0. The number of fused-ring (bicyclic) bond motifs is 1. The van der Waals surface area contributed by atoms with Crippen molar-refractivity contribution in [3.63, 3.8) is 0 Å². The molecule has 26 heavy (non-hydrogen) atoms. The van der Waals surface area contributed by atoms with E-state index in [1.807, 2.05) is 0 Å².